The van der Waals surface area contributed by atoms with Crippen molar-refractivity contribution >= 4 is 7.82 Å². The quantitative estimate of drug-likeness (QED) is 0.618. The Hall–Kier alpha value is -0.470. The molecule has 0 unspecified atom stereocenters. The highest BCUT2D eigenvalue weighted by atomic mass is 31.2. The van der Waals surface area contributed by atoms with Crippen molar-refractivity contribution in [1.29, 1.82) is 0 Å². The summed E-state index contributed by atoms with van der Waals surface area (Å²) in [6, 6.07) is 0. The van der Waals surface area contributed by atoms with Crippen LogP contribution in [0.4, 0.5) is 0 Å². The number of allylic oxidation sites excluding steroid dienone is 2. The van der Waals surface area contributed by atoms with E-state index >= 15 is 0 Å². The Morgan fingerprint density at radius 1 is 1.15 bits per heavy atom. The minimum atomic E-state index is -3.38. The molecule has 76 valence electrons. The van der Waals surface area contributed by atoms with Gasteiger partial charge in [0.2, 0.25) is 0 Å². The maximum atomic E-state index is 11.7. The zero-order valence-corrected chi connectivity index (χ0v) is 9.47. The lowest BCUT2D eigenvalue weighted by Crippen LogP contribution is -2.17. The molecule has 0 aliphatic carbocycles. The molecule has 0 aromatic rings. The SMILES string of the molecule is CC1=C(C)OP(=O)(OC(C)(C)C)O1. The summed E-state index contributed by atoms with van der Waals surface area (Å²) in [4.78, 5) is 0. The van der Waals surface area contributed by atoms with Gasteiger partial charge < -0.3 is 9.05 Å². The molecule has 13 heavy (non-hydrogen) atoms. The number of rotatable bonds is 1. The van der Waals surface area contributed by atoms with Crippen LogP contribution in [0.15, 0.2) is 11.5 Å². The molecule has 0 radical (unpaired) electrons. The maximum absolute atomic E-state index is 11.7. The minimum absolute atomic E-state index is 0.521. The van der Waals surface area contributed by atoms with Gasteiger partial charge in [0, 0.05) is 0 Å². The Morgan fingerprint density at radius 2 is 1.54 bits per heavy atom. The van der Waals surface area contributed by atoms with E-state index in [1.165, 1.54) is 0 Å². The van der Waals surface area contributed by atoms with E-state index in [9.17, 15) is 4.57 Å². The Morgan fingerprint density at radius 3 is 1.85 bits per heavy atom. The Labute approximate surface area is 78.5 Å². The predicted octanol–water partition coefficient (Wildman–Crippen LogP) is 3.21. The Kier molecular flexibility index (Phi) is 2.48. The van der Waals surface area contributed by atoms with Crippen molar-refractivity contribution in [2.45, 2.75) is 40.2 Å². The lowest BCUT2D eigenvalue weighted by atomic mass is 10.2. The Balaban J connectivity index is 2.70. The van der Waals surface area contributed by atoms with Gasteiger partial charge >= 0.3 is 7.82 Å². The molecule has 4 nitrogen and oxygen atoms in total. The smallest absolute Gasteiger partial charge is 0.396 e. The predicted molar refractivity (Wildman–Crippen MR) is 49.0 cm³/mol. The van der Waals surface area contributed by atoms with Crippen LogP contribution in [0.25, 0.3) is 0 Å². The normalized spacial score (nSPS) is 21.3. The van der Waals surface area contributed by atoms with Crippen LogP contribution in [-0.2, 0) is 18.1 Å². The van der Waals surface area contributed by atoms with E-state index in [0.29, 0.717) is 11.5 Å². The molecule has 0 saturated heterocycles. The molecule has 0 bridgehead atoms. The van der Waals surface area contributed by atoms with Gasteiger partial charge in [-0.3, -0.25) is 4.52 Å². The average molecular weight is 206 g/mol. The van der Waals surface area contributed by atoms with Crippen LogP contribution in [0.2, 0.25) is 0 Å². The van der Waals surface area contributed by atoms with Gasteiger partial charge in [-0.15, -0.1) is 0 Å². The van der Waals surface area contributed by atoms with E-state index in [0.717, 1.165) is 0 Å². The van der Waals surface area contributed by atoms with Crippen molar-refractivity contribution in [2.24, 2.45) is 0 Å². The van der Waals surface area contributed by atoms with Crippen LogP contribution in [0, 0.1) is 0 Å². The number of phosphoric acid groups is 1. The molecule has 0 saturated carbocycles. The molecule has 0 aromatic carbocycles. The molecule has 1 heterocycles. The third-order valence-electron chi connectivity index (χ3n) is 1.38. The summed E-state index contributed by atoms with van der Waals surface area (Å²) < 4.78 is 27.0. The largest absolute Gasteiger partial charge is 0.587 e. The van der Waals surface area contributed by atoms with Gasteiger partial charge in [-0.05, 0) is 34.6 Å². The standard InChI is InChI=1S/C8H15O4P/c1-6-7(2)11-13(9,10-6)12-8(3,4)5/h1-5H3. The molecule has 0 N–H and O–H groups in total. The van der Waals surface area contributed by atoms with E-state index in [1.807, 2.05) is 0 Å². The first-order chi connectivity index (χ1) is 5.72. The average Bonchev–Trinajstić information content (AvgIpc) is 2.00. The lowest BCUT2D eigenvalue weighted by Gasteiger charge is -2.21. The van der Waals surface area contributed by atoms with Gasteiger partial charge in [0.1, 0.15) is 11.5 Å². The van der Waals surface area contributed by atoms with Crippen molar-refractivity contribution in [1.82, 2.24) is 0 Å². The summed E-state index contributed by atoms with van der Waals surface area (Å²) in [6.45, 7) is 8.77. The fourth-order valence-electron chi connectivity index (χ4n) is 0.855. The van der Waals surface area contributed by atoms with E-state index in [4.69, 9.17) is 13.6 Å². The summed E-state index contributed by atoms with van der Waals surface area (Å²) in [5, 5.41) is 0. The molecule has 0 spiro atoms. The summed E-state index contributed by atoms with van der Waals surface area (Å²) in [7, 11) is -3.38. The molecule has 0 fully saturated rings. The topological polar surface area (TPSA) is 44.8 Å². The van der Waals surface area contributed by atoms with E-state index in [-0.39, 0.29) is 0 Å². The van der Waals surface area contributed by atoms with Gasteiger partial charge in [-0.1, -0.05) is 0 Å². The molecule has 0 amide bonds. The van der Waals surface area contributed by atoms with Crippen LogP contribution >= 0.6 is 7.82 Å². The van der Waals surface area contributed by atoms with Crippen molar-refractivity contribution < 1.29 is 18.1 Å². The second kappa shape index (κ2) is 3.03. The van der Waals surface area contributed by atoms with Gasteiger partial charge in [-0.2, -0.15) is 0 Å². The monoisotopic (exact) mass is 206 g/mol. The zero-order chi connectivity index (χ0) is 10.3. The van der Waals surface area contributed by atoms with E-state index in [2.05, 4.69) is 0 Å². The van der Waals surface area contributed by atoms with Gasteiger partial charge in [0.25, 0.3) is 0 Å². The molecule has 5 heteroatoms. The van der Waals surface area contributed by atoms with Gasteiger partial charge in [-0.25, -0.2) is 4.57 Å². The van der Waals surface area contributed by atoms with Crippen molar-refractivity contribution in [3.63, 3.8) is 0 Å². The minimum Gasteiger partial charge on any atom is -0.396 e. The highest BCUT2D eigenvalue weighted by Crippen LogP contribution is 2.60. The summed E-state index contributed by atoms with van der Waals surface area (Å²) >= 11 is 0. The van der Waals surface area contributed by atoms with E-state index in [1.54, 1.807) is 34.6 Å². The van der Waals surface area contributed by atoms with E-state index < -0.39 is 13.4 Å². The van der Waals surface area contributed by atoms with Crippen LogP contribution in [-0.4, -0.2) is 5.60 Å². The fraction of sp³-hybridized carbons (Fsp3) is 0.750. The number of hydrogen-bond donors (Lipinski definition) is 0. The number of phosphoric ester groups is 1. The van der Waals surface area contributed by atoms with Crippen LogP contribution in [0.3, 0.4) is 0 Å². The van der Waals surface area contributed by atoms with Crippen LogP contribution in [0.1, 0.15) is 34.6 Å². The highest BCUT2D eigenvalue weighted by molar-refractivity contribution is 7.49. The third-order valence-corrected chi connectivity index (χ3v) is 3.15. The van der Waals surface area contributed by atoms with Crippen LogP contribution in [0.5, 0.6) is 0 Å². The third kappa shape index (κ3) is 2.75. The van der Waals surface area contributed by atoms with Crippen molar-refractivity contribution in [2.75, 3.05) is 0 Å². The molecule has 1 aliphatic rings. The highest BCUT2D eigenvalue weighted by Gasteiger charge is 2.41. The number of hydrogen-bond acceptors (Lipinski definition) is 4. The fourth-order valence-corrected chi connectivity index (χ4v) is 2.57. The molecular formula is C8H15O4P. The Bertz CT molecular complexity index is 269. The van der Waals surface area contributed by atoms with Crippen LogP contribution < -0.4 is 0 Å². The summed E-state index contributed by atoms with van der Waals surface area (Å²) in [6.07, 6.45) is 0. The summed E-state index contributed by atoms with van der Waals surface area (Å²) in [5.74, 6) is 1.04. The molecule has 0 atom stereocenters. The van der Waals surface area contributed by atoms with Gasteiger partial charge in [0.05, 0.1) is 5.60 Å². The first-order valence-electron chi connectivity index (χ1n) is 4.09. The first kappa shape index (κ1) is 10.6. The summed E-state index contributed by atoms with van der Waals surface area (Å²) in [5.41, 5.74) is -0.541. The molecular weight excluding hydrogens is 191 g/mol. The maximum Gasteiger partial charge on any atom is 0.587 e. The second-order valence-corrected chi connectivity index (χ2v) is 5.39. The van der Waals surface area contributed by atoms with Crippen molar-refractivity contribution in [3.8, 4) is 0 Å². The van der Waals surface area contributed by atoms with Gasteiger partial charge in [0.15, 0.2) is 0 Å². The first-order valence-corrected chi connectivity index (χ1v) is 5.55. The molecule has 0 aromatic heterocycles. The second-order valence-electron chi connectivity index (χ2n) is 3.95. The molecule has 1 rings (SSSR count). The lowest BCUT2D eigenvalue weighted by molar-refractivity contribution is 0.0799. The van der Waals surface area contributed by atoms with Crippen molar-refractivity contribution in [3.05, 3.63) is 11.5 Å². The zero-order valence-electron chi connectivity index (χ0n) is 8.58. The molecule has 1 aliphatic heterocycles.